The lowest BCUT2D eigenvalue weighted by Crippen LogP contribution is -2.48. The zero-order valence-corrected chi connectivity index (χ0v) is 9.54. The highest BCUT2D eigenvalue weighted by atomic mass is 16.3. The monoisotopic (exact) mass is 211 g/mol. The number of rotatable bonds is 2. The first kappa shape index (κ1) is 10.9. The van der Waals surface area contributed by atoms with Crippen LogP contribution in [0.3, 0.4) is 0 Å². The minimum Gasteiger partial charge on any atom is -0.396 e. The summed E-state index contributed by atoms with van der Waals surface area (Å²) in [6, 6.07) is 0. The normalized spacial score (nSPS) is 30.9. The van der Waals surface area contributed by atoms with E-state index in [1.165, 1.54) is 19.3 Å². The third-order valence-corrected chi connectivity index (χ3v) is 4.05. The van der Waals surface area contributed by atoms with E-state index in [-0.39, 0.29) is 24.0 Å². The lowest BCUT2D eigenvalue weighted by molar-refractivity contribution is -0.133. The smallest absolute Gasteiger partial charge is 0.223 e. The Morgan fingerprint density at radius 1 is 1.40 bits per heavy atom. The van der Waals surface area contributed by atoms with E-state index < -0.39 is 0 Å². The van der Waals surface area contributed by atoms with Gasteiger partial charge < -0.3 is 10.0 Å². The van der Waals surface area contributed by atoms with Gasteiger partial charge in [0.25, 0.3) is 0 Å². The highest BCUT2D eigenvalue weighted by Crippen LogP contribution is 2.36. The molecule has 3 heteroatoms. The molecule has 0 aromatic rings. The second kappa shape index (κ2) is 4.12. The lowest BCUT2D eigenvalue weighted by atomic mass is 9.82. The fourth-order valence-corrected chi connectivity index (χ4v) is 3.01. The summed E-state index contributed by atoms with van der Waals surface area (Å²) >= 11 is 0. The fourth-order valence-electron chi connectivity index (χ4n) is 3.01. The third kappa shape index (κ3) is 2.03. The Labute approximate surface area is 91.5 Å². The Hall–Kier alpha value is -0.570. The number of likely N-dealkylation sites (tertiary alicyclic amines) is 1. The molecule has 0 spiro atoms. The summed E-state index contributed by atoms with van der Waals surface area (Å²) in [5.41, 5.74) is 0.0826. The van der Waals surface area contributed by atoms with Crippen molar-refractivity contribution < 1.29 is 9.90 Å². The molecule has 15 heavy (non-hydrogen) atoms. The second-order valence-electron chi connectivity index (χ2n) is 5.31. The van der Waals surface area contributed by atoms with E-state index in [0.717, 1.165) is 19.4 Å². The van der Waals surface area contributed by atoms with Crippen molar-refractivity contribution >= 4 is 5.91 Å². The summed E-state index contributed by atoms with van der Waals surface area (Å²) in [5, 5.41) is 9.11. The molecular weight excluding hydrogens is 190 g/mol. The van der Waals surface area contributed by atoms with Gasteiger partial charge in [0, 0.05) is 31.0 Å². The van der Waals surface area contributed by atoms with Crippen molar-refractivity contribution in [3.63, 3.8) is 0 Å². The largest absolute Gasteiger partial charge is 0.396 e. The molecule has 0 bridgehead atoms. The van der Waals surface area contributed by atoms with Gasteiger partial charge in [-0.05, 0) is 19.8 Å². The van der Waals surface area contributed by atoms with Gasteiger partial charge in [-0.25, -0.2) is 0 Å². The molecule has 1 N–H and O–H groups in total. The maximum absolute atomic E-state index is 11.9. The molecule has 0 radical (unpaired) electrons. The van der Waals surface area contributed by atoms with Crippen molar-refractivity contribution in [2.75, 3.05) is 13.2 Å². The van der Waals surface area contributed by atoms with Crippen molar-refractivity contribution in [1.29, 1.82) is 0 Å². The predicted octanol–water partition coefficient (Wildman–Crippen LogP) is 1.55. The first-order chi connectivity index (χ1) is 7.15. The van der Waals surface area contributed by atoms with Gasteiger partial charge in [-0.15, -0.1) is 0 Å². The standard InChI is InChI=1S/C12H21NO2/c1-12(5-3-2-4-6-12)13-8-10(9-14)7-11(13)15/h10,14H,2-9H2,1H3. The topological polar surface area (TPSA) is 40.5 Å². The van der Waals surface area contributed by atoms with Gasteiger partial charge in [-0.1, -0.05) is 19.3 Å². The Morgan fingerprint density at radius 2 is 2.07 bits per heavy atom. The maximum Gasteiger partial charge on any atom is 0.223 e. The van der Waals surface area contributed by atoms with E-state index in [1.807, 2.05) is 4.90 Å². The van der Waals surface area contributed by atoms with Gasteiger partial charge in [0.05, 0.1) is 0 Å². The first-order valence-electron chi connectivity index (χ1n) is 6.07. The summed E-state index contributed by atoms with van der Waals surface area (Å²) in [5.74, 6) is 0.426. The van der Waals surface area contributed by atoms with Gasteiger partial charge in [0.15, 0.2) is 0 Å². The van der Waals surface area contributed by atoms with Crippen LogP contribution in [0.2, 0.25) is 0 Å². The van der Waals surface area contributed by atoms with Gasteiger partial charge in [-0.2, -0.15) is 0 Å². The van der Waals surface area contributed by atoms with Crippen LogP contribution in [0.5, 0.6) is 0 Å². The molecule has 1 saturated heterocycles. The average Bonchev–Trinajstić information content (AvgIpc) is 2.61. The molecular formula is C12H21NO2. The van der Waals surface area contributed by atoms with E-state index in [0.29, 0.717) is 6.42 Å². The highest BCUT2D eigenvalue weighted by molar-refractivity contribution is 5.79. The van der Waals surface area contributed by atoms with Crippen molar-refractivity contribution in [2.24, 2.45) is 5.92 Å². The van der Waals surface area contributed by atoms with Crippen LogP contribution < -0.4 is 0 Å². The number of aliphatic hydroxyl groups is 1. The van der Waals surface area contributed by atoms with Gasteiger partial charge in [0.1, 0.15) is 0 Å². The number of carbonyl (C=O) groups excluding carboxylic acids is 1. The molecule has 86 valence electrons. The minimum atomic E-state index is 0.0826. The molecule has 1 aliphatic heterocycles. The molecule has 3 nitrogen and oxygen atoms in total. The fraction of sp³-hybridized carbons (Fsp3) is 0.917. The number of nitrogens with zero attached hydrogens (tertiary/aromatic N) is 1. The zero-order chi connectivity index (χ0) is 10.9. The zero-order valence-electron chi connectivity index (χ0n) is 9.54. The van der Waals surface area contributed by atoms with Crippen molar-refractivity contribution in [1.82, 2.24) is 4.90 Å². The third-order valence-electron chi connectivity index (χ3n) is 4.05. The maximum atomic E-state index is 11.9. The van der Waals surface area contributed by atoms with Crippen LogP contribution in [0.1, 0.15) is 45.4 Å². The molecule has 2 fully saturated rings. The van der Waals surface area contributed by atoms with Gasteiger partial charge in [-0.3, -0.25) is 4.79 Å². The second-order valence-corrected chi connectivity index (χ2v) is 5.31. The van der Waals surface area contributed by atoms with E-state index in [1.54, 1.807) is 0 Å². The summed E-state index contributed by atoms with van der Waals surface area (Å²) in [7, 11) is 0. The molecule has 1 unspecified atom stereocenters. The van der Waals surface area contributed by atoms with E-state index in [9.17, 15) is 4.79 Å². The van der Waals surface area contributed by atoms with Gasteiger partial charge in [0.2, 0.25) is 5.91 Å². The Morgan fingerprint density at radius 3 is 2.60 bits per heavy atom. The molecule has 0 aromatic carbocycles. The van der Waals surface area contributed by atoms with Crippen molar-refractivity contribution in [3.8, 4) is 0 Å². The molecule has 2 aliphatic rings. The number of carbonyl (C=O) groups is 1. The van der Waals surface area contributed by atoms with Crippen LogP contribution in [-0.4, -0.2) is 34.6 Å². The summed E-state index contributed by atoms with van der Waals surface area (Å²) < 4.78 is 0. The number of aliphatic hydroxyl groups excluding tert-OH is 1. The SMILES string of the molecule is CC1(N2CC(CO)CC2=O)CCCCC1. The van der Waals surface area contributed by atoms with Gasteiger partial charge >= 0.3 is 0 Å². The molecule has 1 amide bonds. The highest BCUT2D eigenvalue weighted by Gasteiger charge is 2.41. The lowest BCUT2D eigenvalue weighted by Gasteiger charge is -2.42. The molecule has 1 heterocycles. The van der Waals surface area contributed by atoms with Crippen LogP contribution in [0, 0.1) is 5.92 Å². The Bertz CT molecular complexity index is 246. The number of hydrogen-bond donors (Lipinski definition) is 1. The Kier molecular flexibility index (Phi) is 3.01. The molecule has 0 aromatic heterocycles. The van der Waals surface area contributed by atoms with Crippen LogP contribution in [0.25, 0.3) is 0 Å². The quantitative estimate of drug-likeness (QED) is 0.753. The number of hydrogen-bond acceptors (Lipinski definition) is 2. The van der Waals surface area contributed by atoms with Crippen LogP contribution >= 0.6 is 0 Å². The summed E-state index contributed by atoms with van der Waals surface area (Å²) in [6.07, 6.45) is 6.61. The minimum absolute atomic E-state index is 0.0826. The number of amides is 1. The van der Waals surface area contributed by atoms with E-state index in [2.05, 4.69) is 6.92 Å². The van der Waals surface area contributed by atoms with Crippen molar-refractivity contribution in [3.05, 3.63) is 0 Å². The summed E-state index contributed by atoms with van der Waals surface area (Å²) in [6.45, 7) is 3.13. The molecule has 1 aliphatic carbocycles. The molecule has 1 atom stereocenters. The van der Waals surface area contributed by atoms with Crippen LogP contribution in [0.4, 0.5) is 0 Å². The van der Waals surface area contributed by atoms with Crippen molar-refractivity contribution in [2.45, 2.75) is 51.0 Å². The van der Waals surface area contributed by atoms with Crippen LogP contribution in [0.15, 0.2) is 0 Å². The predicted molar refractivity (Wildman–Crippen MR) is 58.4 cm³/mol. The summed E-state index contributed by atoms with van der Waals surface area (Å²) in [4.78, 5) is 13.9. The Balaban J connectivity index is 2.06. The van der Waals surface area contributed by atoms with Crippen LogP contribution in [-0.2, 0) is 4.79 Å². The average molecular weight is 211 g/mol. The molecule has 1 saturated carbocycles. The van der Waals surface area contributed by atoms with E-state index in [4.69, 9.17) is 5.11 Å². The first-order valence-corrected chi connectivity index (χ1v) is 6.07. The van der Waals surface area contributed by atoms with E-state index >= 15 is 0 Å². The molecule has 2 rings (SSSR count).